The first-order valence-electron chi connectivity index (χ1n) is 9.11. The second-order valence-corrected chi connectivity index (χ2v) is 7.58. The van der Waals surface area contributed by atoms with Crippen molar-refractivity contribution in [3.63, 3.8) is 0 Å². The Labute approximate surface area is 180 Å². The van der Waals surface area contributed by atoms with Gasteiger partial charge in [-0.25, -0.2) is 9.67 Å². The number of nitrogens with one attached hydrogen (secondary N) is 1. The van der Waals surface area contributed by atoms with Gasteiger partial charge in [0.05, 0.1) is 34.0 Å². The van der Waals surface area contributed by atoms with E-state index >= 15 is 0 Å². The Bertz CT molecular complexity index is 1450. The summed E-state index contributed by atoms with van der Waals surface area (Å²) in [6, 6.07) is 16.9. The summed E-state index contributed by atoms with van der Waals surface area (Å²) in [5, 5.41) is 6.21. The van der Waals surface area contributed by atoms with Crippen molar-refractivity contribution in [1.29, 1.82) is 0 Å². The molecular weight excluding hydrogens is 423 g/mol. The quantitative estimate of drug-likeness (QED) is 0.396. The number of rotatable bonds is 3. The molecule has 0 atom stereocenters. The van der Waals surface area contributed by atoms with E-state index in [0.29, 0.717) is 32.4 Å². The van der Waals surface area contributed by atoms with Crippen LogP contribution in [0.1, 0.15) is 5.76 Å². The molecule has 30 heavy (non-hydrogen) atoms. The van der Waals surface area contributed by atoms with Gasteiger partial charge in [-0.15, -0.1) is 0 Å². The summed E-state index contributed by atoms with van der Waals surface area (Å²) in [6.07, 6.45) is 1.32. The number of halogens is 2. The highest BCUT2D eigenvalue weighted by molar-refractivity contribution is 6.36. The van der Waals surface area contributed by atoms with Gasteiger partial charge in [-0.1, -0.05) is 41.4 Å². The fourth-order valence-electron chi connectivity index (χ4n) is 3.52. The Morgan fingerprint density at radius 2 is 1.87 bits per heavy atom. The maximum atomic E-state index is 12.5. The molecule has 2 aromatic carbocycles. The average Bonchev–Trinajstić information content (AvgIpc) is 3.30. The first-order chi connectivity index (χ1) is 14.5. The van der Waals surface area contributed by atoms with Crippen LogP contribution in [-0.4, -0.2) is 19.7 Å². The number of H-pyrrole nitrogens is 1. The highest BCUT2D eigenvalue weighted by Crippen LogP contribution is 2.37. The van der Waals surface area contributed by atoms with Gasteiger partial charge < -0.3 is 9.40 Å². The van der Waals surface area contributed by atoms with Crippen LogP contribution in [0.25, 0.3) is 39.3 Å². The topological polar surface area (TPSA) is 76.7 Å². The number of hydrogen-bond acceptors (Lipinski definition) is 4. The molecule has 6 nitrogen and oxygen atoms in total. The van der Waals surface area contributed by atoms with E-state index in [0.717, 1.165) is 16.9 Å². The fraction of sp³-hybridized carbons (Fsp3) is 0.0455. The Morgan fingerprint density at radius 1 is 1.07 bits per heavy atom. The van der Waals surface area contributed by atoms with E-state index in [2.05, 4.69) is 9.97 Å². The number of benzene rings is 2. The lowest BCUT2D eigenvalue weighted by atomic mass is 10.1. The van der Waals surface area contributed by atoms with Crippen molar-refractivity contribution in [2.45, 2.75) is 6.92 Å². The summed E-state index contributed by atoms with van der Waals surface area (Å²) in [5.74, 6) is 0.556. The lowest BCUT2D eigenvalue weighted by molar-refractivity contribution is 0.568. The minimum atomic E-state index is -0.285. The monoisotopic (exact) mass is 436 g/mol. The van der Waals surface area contributed by atoms with E-state index < -0.39 is 0 Å². The first-order valence-corrected chi connectivity index (χ1v) is 9.86. The molecule has 3 heterocycles. The van der Waals surface area contributed by atoms with Crippen LogP contribution in [0.2, 0.25) is 10.0 Å². The summed E-state index contributed by atoms with van der Waals surface area (Å²) >= 11 is 12.6. The Morgan fingerprint density at radius 3 is 2.63 bits per heavy atom. The molecule has 0 unspecified atom stereocenters. The van der Waals surface area contributed by atoms with Crippen LogP contribution in [0.4, 0.5) is 0 Å². The number of aromatic nitrogens is 4. The van der Waals surface area contributed by atoms with Gasteiger partial charge in [0.15, 0.2) is 0 Å². The normalized spacial score (nSPS) is 11.3. The fourth-order valence-corrected chi connectivity index (χ4v) is 4.03. The van der Waals surface area contributed by atoms with E-state index in [9.17, 15) is 4.79 Å². The van der Waals surface area contributed by atoms with Crippen molar-refractivity contribution in [3.05, 3.63) is 87.1 Å². The summed E-state index contributed by atoms with van der Waals surface area (Å²) in [4.78, 5) is 19.2. The second-order valence-electron chi connectivity index (χ2n) is 6.73. The molecule has 0 saturated carbocycles. The van der Waals surface area contributed by atoms with Crippen LogP contribution in [0.5, 0.6) is 0 Å². The molecule has 0 aliphatic rings. The predicted molar refractivity (Wildman–Crippen MR) is 117 cm³/mol. The SMILES string of the molecule is Cc1oc2nc[nH]c(=O)c2c1-c1cc(-c2ccc(Cl)cc2Cl)n(-c2ccccc2)n1. The number of hydrogen-bond donors (Lipinski definition) is 1. The highest BCUT2D eigenvalue weighted by atomic mass is 35.5. The molecule has 0 aliphatic heterocycles. The molecule has 0 saturated heterocycles. The number of nitrogens with zero attached hydrogens (tertiary/aromatic N) is 3. The zero-order valence-electron chi connectivity index (χ0n) is 15.7. The number of furan rings is 1. The smallest absolute Gasteiger partial charge is 0.262 e. The largest absolute Gasteiger partial charge is 0.442 e. The minimum absolute atomic E-state index is 0.270. The van der Waals surface area contributed by atoms with Gasteiger partial charge in [-0.2, -0.15) is 5.10 Å². The molecule has 0 aliphatic carbocycles. The van der Waals surface area contributed by atoms with Crippen LogP contribution in [0.15, 0.2) is 70.1 Å². The van der Waals surface area contributed by atoms with Gasteiger partial charge in [-0.05, 0) is 43.3 Å². The second kappa shape index (κ2) is 7.16. The summed E-state index contributed by atoms with van der Waals surface area (Å²) in [6.45, 7) is 1.78. The summed E-state index contributed by atoms with van der Waals surface area (Å²) in [7, 11) is 0. The van der Waals surface area contributed by atoms with E-state index in [1.807, 2.05) is 42.5 Å². The van der Waals surface area contributed by atoms with Gasteiger partial charge in [0.25, 0.3) is 5.56 Å². The van der Waals surface area contributed by atoms with Crippen LogP contribution < -0.4 is 5.56 Å². The molecule has 0 amide bonds. The van der Waals surface area contributed by atoms with Crippen LogP contribution in [0.3, 0.4) is 0 Å². The molecule has 5 rings (SSSR count). The van der Waals surface area contributed by atoms with Gasteiger partial charge >= 0.3 is 0 Å². The average molecular weight is 437 g/mol. The van der Waals surface area contributed by atoms with Gasteiger partial charge in [0.1, 0.15) is 11.1 Å². The summed E-state index contributed by atoms with van der Waals surface area (Å²) < 4.78 is 7.50. The molecule has 3 aromatic heterocycles. The standard InChI is InChI=1S/C22H14Cl2N4O2/c1-12-19(20-21(29)25-11-26-22(20)30-12)17-10-18(15-8-7-13(23)9-16(15)24)28(27-17)14-5-3-2-4-6-14/h2-11H,1H3,(H,25,26,29). The maximum Gasteiger partial charge on any atom is 0.262 e. The molecule has 8 heteroatoms. The number of fused-ring (bicyclic) bond motifs is 1. The molecule has 5 aromatic rings. The van der Waals surface area contributed by atoms with Crippen molar-refractivity contribution in [3.8, 4) is 28.2 Å². The van der Waals surface area contributed by atoms with Crippen molar-refractivity contribution >= 4 is 34.3 Å². The third-order valence-corrected chi connectivity index (χ3v) is 5.39. The number of aryl methyl sites for hydroxylation is 1. The number of para-hydroxylation sites is 1. The van der Waals surface area contributed by atoms with E-state index in [1.165, 1.54) is 6.33 Å². The molecule has 0 fully saturated rings. The van der Waals surface area contributed by atoms with Crippen molar-refractivity contribution in [2.24, 2.45) is 0 Å². The first kappa shape index (κ1) is 18.7. The van der Waals surface area contributed by atoms with Gasteiger partial charge in [0, 0.05) is 10.6 Å². The molecular formula is C22H14Cl2N4O2. The third-order valence-electron chi connectivity index (χ3n) is 4.84. The summed E-state index contributed by atoms with van der Waals surface area (Å²) in [5.41, 5.74) is 3.53. The molecule has 0 bridgehead atoms. The van der Waals surface area contributed by atoms with Crippen molar-refractivity contribution in [1.82, 2.24) is 19.7 Å². The Hall–Kier alpha value is -3.35. The third kappa shape index (κ3) is 3.01. The zero-order valence-corrected chi connectivity index (χ0v) is 17.2. The zero-order chi connectivity index (χ0) is 20.8. The molecule has 1 N–H and O–H groups in total. The number of aromatic amines is 1. The Kier molecular flexibility index (Phi) is 4.46. The van der Waals surface area contributed by atoms with E-state index in [1.54, 1.807) is 23.7 Å². The van der Waals surface area contributed by atoms with Crippen LogP contribution >= 0.6 is 23.2 Å². The lowest BCUT2D eigenvalue weighted by Gasteiger charge is -2.09. The maximum absolute atomic E-state index is 12.5. The van der Waals surface area contributed by atoms with E-state index in [4.69, 9.17) is 32.7 Å². The van der Waals surface area contributed by atoms with Crippen molar-refractivity contribution < 1.29 is 4.42 Å². The molecule has 0 radical (unpaired) electrons. The Balaban J connectivity index is 1.82. The molecule has 0 spiro atoms. The van der Waals surface area contributed by atoms with Crippen LogP contribution in [0, 0.1) is 6.92 Å². The molecule has 148 valence electrons. The van der Waals surface area contributed by atoms with E-state index in [-0.39, 0.29) is 11.3 Å². The minimum Gasteiger partial charge on any atom is -0.442 e. The van der Waals surface area contributed by atoms with Crippen molar-refractivity contribution in [2.75, 3.05) is 0 Å². The lowest BCUT2D eigenvalue weighted by Crippen LogP contribution is -2.05. The predicted octanol–water partition coefficient (Wildman–Crippen LogP) is 5.65. The van der Waals surface area contributed by atoms with Gasteiger partial charge in [-0.3, -0.25) is 4.79 Å². The van der Waals surface area contributed by atoms with Crippen LogP contribution in [-0.2, 0) is 0 Å². The van der Waals surface area contributed by atoms with Gasteiger partial charge in [0.2, 0.25) is 5.71 Å². The highest BCUT2D eigenvalue weighted by Gasteiger charge is 2.22.